The molecule has 24 heavy (non-hydrogen) atoms. The summed E-state index contributed by atoms with van der Waals surface area (Å²) >= 11 is 0. The van der Waals surface area contributed by atoms with Crippen LogP contribution in [0, 0.1) is 11.3 Å². The number of rotatable bonds is 4. The van der Waals surface area contributed by atoms with Crippen molar-refractivity contribution in [3.05, 3.63) is 71.3 Å². The van der Waals surface area contributed by atoms with Gasteiger partial charge in [0, 0.05) is 18.7 Å². The predicted octanol–water partition coefficient (Wildman–Crippen LogP) is 3.01. The molecule has 0 saturated heterocycles. The number of pyridine rings is 1. The van der Waals surface area contributed by atoms with E-state index in [2.05, 4.69) is 16.4 Å². The van der Waals surface area contributed by atoms with E-state index in [1.165, 1.54) is 0 Å². The maximum Gasteiger partial charge on any atom is 0.272 e. The molecule has 0 spiro atoms. The number of nitrogens with one attached hydrogen (secondary N) is 1. The number of carbonyl (C=O) groups excluding carboxylic acids is 1. The molecule has 1 saturated carbocycles. The maximum atomic E-state index is 12.6. The largest absolute Gasteiger partial charge is 0.347 e. The van der Waals surface area contributed by atoms with Gasteiger partial charge in [-0.15, -0.1) is 0 Å². The highest BCUT2D eigenvalue weighted by atomic mass is 16.1. The van der Waals surface area contributed by atoms with Crippen molar-refractivity contribution in [2.45, 2.75) is 25.3 Å². The zero-order valence-electron chi connectivity index (χ0n) is 13.1. The number of imidazole rings is 1. The molecule has 3 aromatic rings. The Morgan fingerprint density at radius 2 is 2.04 bits per heavy atom. The number of carbonyl (C=O) groups is 1. The molecule has 1 N–H and O–H groups in total. The summed E-state index contributed by atoms with van der Waals surface area (Å²) in [7, 11) is 0. The van der Waals surface area contributed by atoms with Crippen LogP contribution in [0.15, 0.2) is 48.7 Å². The van der Waals surface area contributed by atoms with Crippen LogP contribution in [0.3, 0.4) is 0 Å². The van der Waals surface area contributed by atoms with Crippen molar-refractivity contribution in [1.29, 1.82) is 5.26 Å². The molecule has 5 nitrogen and oxygen atoms in total. The second-order valence-electron chi connectivity index (χ2n) is 6.04. The molecular weight excluding hydrogens is 300 g/mol. The molecule has 1 aliphatic carbocycles. The second kappa shape index (κ2) is 5.82. The molecule has 0 bridgehead atoms. The van der Waals surface area contributed by atoms with Crippen molar-refractivity contribution in [1.82, 2.24) is 14.7 Å². The van der Waals surface area contributed by atoms with Gasteiger partial charge in [-0.25, -0.2) is 4.98 Å². The number of hydrogen-bond acceptors (Lipinski definition) is 3. The van der Waals surface area contributed by atoms with Crippen molar-refractivity contribution < 1.29 is 4.79 Å². The van der Waals surface area contributed by atoms with Gasteiger partial charge in [-0.3, -0.25) is 4.79 Å². The topological polar surface area (TPSA) is 70.2 Å². The van der Waals surface area contributed by atoms with E-state index in [0.29, 0.717) is 23.7 Å². The smallest absolute Gasteiger partial charge is 0.272 e. The van der Waals surface area contributed by atoms with Gasteiger partial charge >= 0.3 is 0 Å². The number of nitriles is 1. The van der Waals surface area contributed by atoms with Gasteiger partial charge in [-0.1, -0.05) is 18.2 Å². The highest BCUT2D eigenvalue weighted by Crippen LogP contribution is 2.39. The highest BCUT2D eigenvalue weighted by Gasteiger charge is 2.30. The first-order valence-corrected chi connectivity index (χ1v) is 8.00. The normalized spacial score (nSPS) is 13.6. The summed E-state index contributed by atoms with van der Waals surface area (Å²) in [6, 6.07) is 15.1. The number of hydrogen-bond donors (Lipinski definition) is 1. The van der Waals surface area contributed by atoms with Crippen LogP contribution in [0.1, 0.15) is 46.2 Å². The molecule has 0 aliphatic heterocycles. The van der Waals surface area contributed by atoms with E-state index in [0.717, 1.165) is 29.7 Å². The molecule has 1 amide bonds. The summed E-state index contributed by atoms with van der Waals surface area (Å²) < 4.78 is 2.02. The van der Waals surface area contributed by atoms with Crippen molar-refractivity contribution in [3.8, 4) is 6.07 Å². The predicted molar refractivity (Wildman–Crippen MR) is 89.5 cm³/mol. The van der Waals surface area contributed by atoms with Gasteiger partial charge in [-0.05, 0) is 42.7 Å². The Morgan fingerprint density at radius 3 is 2.75 bits per heavy atom. The third kappa shape index (κ3) is 2.63. The number of benzene rings is 1. The van der Waals surface area contributed by atoms with Crippen molar-refractivity contribution in [3.63, 3.8) is 0 Å². The fourth-order valence-electron chi connectivity index (χ4n) is 2.82. The summed E-state index contributed by atoms with van der Waals surface area (Å²) in [6.45, 7) is 0.412. The van der Waals surface area contributed by atoms with Crippen LogP contribution in [0.25, 0.3) is 5.52 Å². The molecule has 0 unspecified atom stereocenters. The van der Waals surface area contributed by atoms with Crippen LogP contribution in [0.4, 0.5) is 0 Å². The first-order valence-electron chi connectivity index (χ1n) is 8.00. The van der Waals surface area contributed by atoms with Crippen LogP contribution in [0.2, 0.25) is 0 Å². The zero-order valence-corrected chi connectivity index (χ0v) is 13.1. The molecule has 118 valence electrons. The van der Waals surface area contributed by atoms with E-state index in [4.69, 9.17) is 5.26 Å². The maximum absolute atomic E-state index is 12.6. The molecular formula is C19H16N4O. The van der Waals surface area contributed by atoms with E-state index >= 15 is 0 Å². The zero-order chi connectivity index (χ0) is 16.5. The van der Waals surface area contributed by atoms with Gasteiger partial charge in [0.05, 0.1) is 17.1 Å². The summed E-state index contributed by atoms with van der Waals surface area (Å²) in [4.78, 5) is 17.2. The first-order chi connectivity index (χ1) is 11.8. The summed E-state index contributed by atoms with van der Waals surface area (Å²) in [5.74, 6) is 1.28. The minimum atomic E-state index is -0.171. The van der Waals surface area contributed by atoms with E-state index in [-0.39, 0.29) is 5.91 Å². The van der Waals surface area contributed by atoms with Gasteiger partial charge in [-0.2, -0.15) is 5.26 Å². The lowest BCUT2D eigenvalue weighted by molar-refractivity contribution is 0.0948. The quantitative estimate of drug-likeness (QED) is 0.804. The van der Waals surface area contributed by atoms with Gasteiger partial charge in [0.25, 0.3) is 5.91 Å². The molecule has 1 fully saturated rings. The molecule has 2 aromatic heterocycles. The van der Waals surface area contributed by atoms with E-state index in [9.17, 15) is 4.79 Å². The van der Waals surface area contributed by atoms with Crippen LogP contribution in [-0.2, 0) is 6.54 Å². The Bertz CT molecular complexity index is 946. The summed E-state index contributed by atoms with van der Waals surface area (Å²) in [6.07, 6.45) is 4.24. The SMILES string of the molecule is N#Cc1ccc(CNC(=O)c2nc(C3CC3)n3ccccc23)cc1. The Morgan fingerprint density at radius 1 is 1.25 bits per heavy atom. The third-order valence-electron chi connectivity index (χ3n) is 4.27. The fraction of sp³-hybridized carbons (Fsp3) is 0.211. The number of aromatic nitrogens is 2. The minimum absolute atomic E-state index is 0.171. The number of fused-ring (bicyclic) bond motifs is 1. The molecule has 1 aliphatic rings. The second-order valence-corrected chi connectivity index (χ2v) is 6.04. The Hall–Kier alpha value is -3.13. The van der Waals surface area contributed by atoms with Crippen LogP contribution < -0.4 is 5.32 Å². The number of nitrogens with zero attached hydrogens (tertiary/aromatic N) is 3. The van der Waals surface area contributed by atoms with Crippen LogP contribution in [0.5, 0.6) is 0 Å². The lowest BCUT2D eigenvalue weighted by Crippen LogP contribution is -2.23. The van der Waals surface area contributed by atoms with Crippen molar-refractivity contribution in [2.75, 3.05) is 0 Å². The average Bonchev–Trinajstić information content (AvgIpc) is 3.40. The molecule has 0 atom stereocenters. The van der Waals surface area contributed by atoms with Gasteiger partial charge in [0.2, 0.25) is 0 Å². The first kappa shape index (κ1) is 14.5. The molecule has 2 heterocycles. The summed E-state index contributed by atoms with van der Waals surface area (Å²) in [5, 5.41) is 11.7. The van der Waals surface area contributed by atoms with E-state index < -0.39 is 0 Å². The molecule has 4 rings (SSSR count). The fourth-order valence-corrected chi connectivity index (χ4v) is 2.82. The average molecular weight is 316 g/mol. The number of amides is 1. The standard InChI is InChI=1S/C19H16N4O/c20-11-13-4-6-14(7-5-13)12-21-19(24)17-16-3-1-2-10-23(16)18(22-17)15-8-9-15/h1-7,10,15H,8-9,12H2,(H,21,24). The monoisotopic (exact) mass is 316 g/mol. The molecule has 5 heteroatoms. The Balaban J connectivity index is 1.56. The Kier molecular flexibility index (Phi) is 3.51. The summed E-state index contributed by atoms with van der Waals surface area (Å²) in [5.41, 5.74) is 2.88. The van der Waals surface area contributed by atoms with Crippen LogP contribution in [-0.4, -0.2) is 15.3 Å². The Labute approximate surface area is 139 Å². The third-order valence-corrected chi connectivity index (χ3v) is 4.27. The van der Waals surface area contributed by atoms with Gasteiger partial charge in [0.1, 0.15) is 5.82 Å². The van der Waals surface area contributed by atoms with Gasteiger partial charge in [0.15, 0.2) is 5.69 Å². The highest BCUT2D eigenvalue weighted by molar-refractivity contribution is 5.99. The lowest BCUT2D eigenvalue weighted by atomic mass is 10.1. The van der Waals surface area contributed by atoms with E-state index in [1.54, 1.807) is 12.1 Å². The molecule has 1 aromatic carbocycles. The van der Waals surface area contributed by atoms with Crippen molar-refractivity contribution in [2.24, 2.45) is 0 Å². The lowest BCUT2D eigenvalue weighted by Gasteiger charge is -2.04. The molecule has 0 radical (unpaired) electrons. The minimum Gasteiger partial charge on any atom is -0.347 e. The van der Waals surface area contributed by atoms with Crippen molar-refractivity contribution >= 4 is 11.4 Å². The van der Waals surface area contributed by atoms with E-state index in [1.807, 2.05) is 40.9 Å². The van der Waals surface area contributed by atoms with Crippen LogP contribution >= 0.6 is 0 Å². The van der Waals surface area contributed by atoms with Gasteiger partial charge < -0.3 is 9.72 Å².